The number of nitrogens with one attached hydrogen (secondary N) is 1. The van der Waals surface area contributed by atoms with Crippen LogP contribution in [0.4, 0.5) is 0 Å². The van der Waals surface area contributed by atoms with Gasteiger partial charge in [0.2, 0.25) is 0 Å². The molecular weight excluding hydrogens is 394 g/mol. The van der Waals surface area contributed by atoms with Crippen LogP contribution in [0, 0.1) is 0 Å². The van der Waals surface area contributed by atoms with Crippen LogP contribution in [0.1, 0.15) is 0 Å². The summed E-state index contributed by atoms with van der Waals surface area (Å²) in [6.07, 6.45) is 1.54. The molecule has 0 saturated carbocycles. The maximum absolute atomic E-state index is 12.2. The number of benzene rings is 2. The number of aromatic nitrogens is 2. The Morgan fingerprint density at radius 3 is 2.58 bits per heavy atom. The van der Waals surface area contributed by atoms with Gasteiger partial charge in [0.15, 0.2) is 12.4 Å². The van der Waals surface area contributed by atoms with Crippen LogP contribution in [-0.2, 0) is 11.3 Å². The second kappa shape index (κ2) is 9.58. The zero-order valence-corrected chi connectivity index (χ0v) is 16.7. The SMILES string of the molecule is O=C(COc1ccccc1-c1ccccc1)NCCn1nc(-c2ccco2)ccc1=O. The fraction of sp³-hybridized carbons (Fsp3) is 0.125. The van der Waals surface area contributed by atoms with Crippen molar-refractivity contribution in [3.63, 3.8) is 0 Å². The molecule has 0 unspecified atom stereocenters. The van der Waals surface area contributed by atoms with Crippen molar-refractivity contribution < 1.29 is 13.9 Å². The van der Waals surface area contributed by atoms with Crippen LogP contribution in [0.2, 0.25) is 0 Å². The number of rotatable bonds is 8. The van der Waals surface area contributed by atoms with E-state index < -0.39 is 0 Å². The molecule has 156 valence electrons. The van der Waals surface area contributed by atoms with E-state index in [1.807, 2.05) is 54.6 Å². The first-order chi connectivity index (χ1) is 15.2. The van der Waals surface area contributed by atoms with Gasteiger partial charge in [0.05, 0.1) is 12.8 Å². The molecule has 0 atom stereocenters. The van der Waals surface area contributed by atoms with Gasteiger partial charge in [-0.25, -0.2) is 4.68 Å². The fourth-order valence-corrected chi connectivity index (χ4v) is 3.11. The quantitative estimate of drug-likeness (QED) is 0.477. The molecular formula is C24H21N3O4. The Hall–Kier alpha value is -4.13. The minimum Gasteiger partial charge on any atom is -0.483 e. The van der Waals surface area contributed by atoms with Crippen molar-refractivity contribution in [2.75, 3.05) is 13.2 Å². The highest BCUT2D eigenvalue weighted by molar-refractivity contribution is 5.78. The van der Waals surface area contributed by atoms with Crippen molar-refractivity contribution in [3.8, 4) is 28.3 Å². The molecule has 0 fully saturated rings. The molecule has 0 radical (unpaired) electrons. The molecule has 2 aromatic carbocycles. The van der Waals surface area contributed by atoms with E-state index in [1.54, 1.807) is 24.5 Å². The number of hydrogen-bond acceptors (Lipinski definition) is 5. The summed E-state index contributed by atoms with van der Waals surface area (Å²) in [6.45, 7) is 0.357. The van der Waals surface area contributed by atoms with E-state index in [-0.39, 0.29) is 31.2 Å². The zero-order chi connectivity index (χ0) is 21.5. The Morgan fingerprint density at radius 2 is 1.77 bits per heavy atom. The molecule has 0 aliphatic carbocycles. The van der Waals surface area contributed by atoms with Gasteiger partial charge in [0.25, 0.3) is 11.5 Å². The van der Waals surface area contributed by atoms with Crippen LogP contribution < -0.4 is 15.6 Å². The lowest BCUT2D eigenvalue weighted by Gasteiger charge is -2.12. The third-order valence-electron chi connectivity index (χ3n) is 4.62. The van der Waals surface area contributed by atoms with Crippen molar-refractivity contribution in [2.45, 2.75) is 6.54 Å². The van der Waals surface area contributed by atoms with E-state index >= 15 is 0 Å². The largest absolute Gasteiger partial charge is 0.483 e. The van der Waals surface area contributed by atoms with Gasteiger partial charge in [-0.05, 0) is 29.8 Å². The molecule has 0 spiro atoms. The fourth-order valence-electron chi connectivity index (χ4n) is 3.11. The number of hydrogen-bond donors (Lipinski definition) is 1. The van der Waals surface area contributed by atoms with E-state index in [1.165, 1.54) is 10.7 Å². The summed E-state index contributed by atoms with van der Waals surface area (Å²) in [5.41, 5.74) is 2.23. The Balaban J connectivity index is 1.32. The number of carbonyl (C=O) groups is 1. The molecule has 0 aliphatic heterocycles. The lowest BCUT2D eigenvalue weighted by molar-refractivity contribution is -0.123. The minimum atomic E-state index is -0.280. The molecule has 0 aliphatic rings. The van der Waals surface area contributed by atoms with Gasteiger partial charge in [-0.15, -0.1) is 0 Å². The summed E-state index contributed by atoms with van der Waals surface area (Å²) < 4.78 is 12.3. The first kappa shape index (κ1) is 20.2. The zero-order valence-electron chi connectivity index (χ0n) is 16.7. The normalized spacial score (nSPS) is 10.6. The first-order valence-electron chi connectivity index (χ1n) is 9.87. The lowest BCUT2D eigenvalue weighted by Crippen LogP contribution is -2.34. The predicted octanol–water partition coefficient (Wildman–Crippen LogP) is 3.37. The maximum atomic E-state index is 12.2. The monoisotopic (exact) mass is 415 g/mol. The minimum absolute atomic E-state index is 0.126. The van der Waals surface area contributed by atoms with E-state index in [0.29, 0.717) is 17.2 Å². The van der Waals surface area contributed by atoms with E-state index in [0.717, 1.165) is 11.1 Å². The molecule has 2 aromatic heterocycles. The molecule has 1 amide bonds. The standard InChI is InChI=1S/C24H21N3O4/c28-23(17-31-21-10-5-4-9-19(21)18-7-2-1-3-8-18)25-14-15-27-24(29)13-12-20(26-27)22-11-6-16-30-22/h1-13,16H,14-15,17H2,(H,25,28). The van der Waals surface area contributed by atoms with Crippen molar-refractivity contribution in [1.82, 2.24) is 15.1 Å². The van der Waals surface area contributed by atoms with Crippen molar-refractivity contribution >= 4 is 5.91 Å². The maximum Gasteiger partial charge on any atom is 0.266 e. The molecule has 0 saturated heterocycles. The van der Waals surface area contributed by atoms with Gasteiger partial charge in [-0.2, -0.15) is 5.10 Å². The second-order valence-electron chi connectivity index (χ2n) is 6.76. The highest BCUT2D eigenvalue weighted by Gasteiger charge is 2.09. The molecule has 31 heavy (non-hydrogen) atoms. The third-order valence-corrected chi connectivity index (χ3v) is 4.62. The lowest BCUT2D eigenvalue weighted by atomic mass is 10.1. The third kappa shape index (κ3) is 5.08. The van der Waals surface area contributed by atoms with Gasteiger partial charge < -0.3 is 14.5 Å². The van der Waals surface area contributed by atoms with Crippen LogP contribution in [0.15, 0.2) is 94.3 Å². The van der Waals surface area contributed by atoms with Crippen LogP contribution in [0.25, 0.3) is 22.6 Å². The van der Waals surface area contributed by atoms with Crippen LogP contribution >= 0.6 is 0 Å². The van der Waals surface area contributed by atoms with Crippen LogP contribution in [-0.4, -0.2) is 28.8 Å². The molecule has 7 nitrogen and oxygen atoms in total. The summed E-state index contributed by atoms with van der Waals surface area (Å²) in [6, 6.07) is 24.0. The average molecular weight is 415 g/mol. The number of ether oxygens (including phenoxy) is 1. The molecule has 4 aromatic rings. The van der Waals surface area contributed by atoms with Crippen molar-refractivity contribution in [3.05, 3.63) is 95.5 Å². The van der Waals surface area contributed by atoms with E-state index in [9.17, 15) is 9.59 Å². The summed E-state index contributed by atoms with van der Waals surface area (Å²) >= 11 is 0. The summed E-state index contributed by atoms with van der Waals surface area (Å²) in [5, 5.41) is 7.03. The summed E-state index contributed by atoms with van der Waals surface area (Å²) in [4.78, 5) is 24.3. The highest BCUT2D eigenvalue weighted by Crippen LogP contribution is 2.29. The molecule has 0 bridgehead atoms. The second-order valence-corrected chi connectivity index (χ2v) is 6.76. The number of nitrogens with zero attached hydrogens (tertiary/aromatic N) is 2. The first-order valence-corrected chi connectivity index (χ1v) is 9.87. The highest BCUT2D eigenvalue weighted by atomic mass is 16.5. The Bertz CT molecular complexity index is 1200. The van der Waals surface area contributed by atoms with Gasteiger partial charge >= 0.3 is 0 Å². The predicted molar refractivity (Wildman–Crippen MR) is 117 cm³/mol. The number of amides is 1. The van der Waals surface area contributed by atoms with Gasteiger partial charge in [0.1, 0.15) is 11.4 Å². The summed E-state index contributed by atoms with van der Waals surface area (Å²) in [7, 11) is 0. The Kier molecular flexibility index (Phi) is 6.23. The molecule has 7 heteroatoms. The molecule has 2 heterocycles. The van der Waals surface area contributed by atoms with Crippen molar-refractivity contribution in [2.24, 2.45) is 0 Å². The van der Waals surface area contributed by atoms with Crippen LogP contribution in [0.3, 0.4) is 0 Å². The van der Waals surface area contributed by atoms with Gasteiger partial charge in [-0.3, -0.25) is 9.59 Å². The van der Waals surface area contributed by atoms with Crippen molar-refractivity contribution in [1.29, 1.82) is 0 Å². The van der Waals surface area contributed by atoms with E-state index in [4.69, 9.17) is 9.15 Å². The Morgan fingerprint density at radius 1 is 0.968 bits per heavy atom. The van der Waals surface area contributed by atoms with E-state index in [2.05, 4.69) is 10.4 Å². The topological polar surface area (TPSA) is 86.4 Å². The Labute approximate surface area is 178 Å². The molecule has 4 rings (SSSR count). The van der Waals surface area contributed by atoms with Gasteiger partial charge in [-0.1, -0.05) is 48.5 Å². The molecule has 1 N–H and O–H groups in total. The number of furan rings is 1. The average Bonchev–Trinajstić information content (AvgIpc) is 3.35. The number of carbonyl (C=O) groups excluding carboxylic acids is 1. The van der Waals surface area contributed by atoms with Crippen LogP contribution in [0.5, 0.6) is 5.75 Å². The smallest absolute Gasteiger partial charge is 0.266 e. The summed E-state index contributed by atoms with van der Waals surface area (Å²) in [5.74, 6) is 0.925. The number of para-hydroxylation sites is 1. The van der Waals surface area contributed by atoms with Gasteiger partial charge in [0, 0.05) is 18.2 Å².